The summed E-state index contributed by atoms with van der Waals surface area (Å²) in [6.45, 7) is 3.86. The highest BCUT2D eigenvalue weighted by Crippen LogP contribution is 2.29. The lowest BCUT2D eigenvalue weighted by Crippen LogP contribution is -2.38. The van der Waals surface area contributed by atoms with E-state index in [9.17, 15) is 9.59 Å². The molecule has 9 heteroatoms. The molecule has 4 rings (SSSR count). The topological polar surface area (TPSA) is 97.0 Å². The molecule has 3 heterocycles. The number of aromatic amines is 1. The molecule has 0 aliphatic carbocycles. The van der Waals surface area contributed by atoms with Crippen LogP contribution in [0.5, 0.6) is 11.5 Å². The first-order valence-electron chi connectivity index (χ1n) is 10.5. The van der Waals surface area contributed by atoms with Crippen LogP contribution in [0.4, 0.5) is 5.95 Å². The fraction of sp³-hybridized carbons (Fsp3) is 0.500. The van der Waals surface area contributed by atoms with E-state index >= 15 is 0 Å². The van der Waals surface area contributed by atoms with Crippen LogP contribution in [0, 0.1) is 0 Å². The van der Waals surface area contributed by atoms with Crippen molar-refractivity contribution in [1.29, 1.82) is 0 Å². The average Bonchev–Trinajstić information content (AvgIpc) is 3.30. The zero-order valence-electron chi connectivity index (χ0n) is 17.9. The molecule has 9 nitrogen and oxygen atoms in total. The first-order valence-corrected chi connectivity index (χ1v) is 10.5. The number of aromatic nitrogens is 2. The molecule has 166 valence electrons. The number of H-pyrrole nitrogens is 1. The molecule has 1 aromatic carbocycles. The van der Waals surface area contributed by atoms with Gasteiger partial charge in [-0.2, -0.15) is 0 Å². The summed E-state index contributed by atoms with van der Waals surface area (Å²) >= 11 is 0. The standard InChI is InChI=1S/C22H28N4O5/c1-29-18-4-3-15(11-19(18)30-2)12-21(28)26-6-5-16(14-26)17-13-20(27)24-22(23-17)25-7-9-31-10-8-25/h3-4,11,13,16H,5-10,12,14H2,1-2H3,(H,23,24,27)/t16-/m1/s1. The van der Waals surface area contributed by atoms with Crippen molar-refractivity contribution >= 4 is 11.9 Å². The van der Waals surface area contributed by atoms with Crippen molar-refractivity contribution in [2.45, 2.75) is 18.8 Å². The minimum Gasteiger partial charge on any atom is -0.493 e. The van der Waals surface area contributed by atoms with Gasteiger partial charge in [-0.1, -0.05) is 6.07 Å². The lowest BCUT2D eigenvalue weighted by atomic mass is 10.0. The number of nitrogens with zero attached hydrogens (tertiary/aromatic N) is 3. The minimum absolute atomic E-state index is 0.0490. The van der Waals surface area contributed by atoms with Gasteiger partial charge in [0.15, 0.2) is 11.5 Å². The Bertz CT molecular complexity index is 986. The van der Waals surface area contributed by atoms with Crippen LogP contribution in [0.1, 0.15) is 23.6 Å². The molecule has 1 atom stereocenters. The molecule has 0 spiro atoms. The normalized spacial score (nSPS) is 18.8. The zero-order chi connectivity index (χ0) is 21.8. The number of rotatable bonds is 6. The molecule has 1 aromatic heterocycles. The van der Waals surface area contributed by atoms with E-state index in [1.807, 2.05) is 28.0 Å². The third-order valence-corrected chi connectivity index (χ3v) is 5.82. The van der Waals surface area contributed by atoms with E-state index in [-0.39, 0.29) is 23.8 Å². The quantitative estimate of drug-likeness (QED) is 0.738. The summed E-state index contributed by atoms with van der Waals surface area (Å²) in [5.41, 5.74) is 1.45. The van der Waals surface area contributed by atoms with Crippen molar-refractivity contribution < 1.29 is 19.0 Å². The number of hydrogen-bond donors (Lipinski definition) is 1. The van der Waals surface area contributed by atoms with Gasteiger partial charge in [-0.3, -0.25) is 14.6 Å². The van der Waals surface area contributed by atoms with Gasteiger partial charge in [0.2, 0.25) is 11.9 Å². The lowest BCUT2D eigenvalue weighted by molar-refractivity contribution is -0.129. The number of methoxy groups -OCH3 is 2. The molecule has 2 aromatic rings. The lowest BCUT2D eigenvalue weighted by Gasteiger charge is -2.27. The van der Waals surface area contributed by atoms with Gasteiger partial charge in [0.1, 0.15) is 0 Å². The van der Waals surface area contributed by atoms with Crippen molar-refractivity contribution in [3.8, 4) is 11.5 Å². The largest absolute Gasteiger partial charge is 0.493 e. The van der Waals surface area contributed by atoms with Crippen molar-refractivity contribution in [2.75, 3.05) is 58.5 Å². The van der Waals surface area contributed by atoms with Crippen LogP contribution in [0.3, 0.4) is 0 Å². The molecule has 2 saturated heterocycles. The van der Waals surface area contributed by atoms with E-state index < -0.39 is 0 Å². The Morgan fingerprint density at radius 3 is 2.68 bits per heavy atom. The third-order valence-electron chi connectivity index (χ3n) is 5.82. The van der Waals surface area contributed by atoms with Crippen LogP contribution in [0.15, 0.2) is 29.1 Å². The summed E-state index contributed by atoms with van der Waals surface area (Å²) in [6.07, 6.45) is 1.07. The number of anilines is 1. The summed E-state index contributed by atoms with van der Waals surface area (Å²) in [7, 11) is 3.16. The number of nitrogens with one attached hydrogen (secondary N) is 1. The van der Waals surface area contributed by atoms with E-state index in [4.69, 9.17) is 19.2 Å². The van der Waals surface area contributed by atoms with Crippen molar-refractivity contribution in [3.63, 3.8) is 0 Å². The molecule has 0 unspecified atom stereocenters. The van der Waals surface area contributed by atoms with Crippen molar-refractivity contribution in [2.24, 2.45) is 0 Å². The number of hydrogen-bond acceptors (Lipinski definition) is 7. The molecule has 2 aliphatic heterocycles. The van der Waals surface area contributed by atoms with Crippen LogP contribution in [0.2, 0.25) is 0 Å². The highest BCUT2D eigenvalue weighted by Gasteiger charge is 2.29. The van der Waals surface area contributed by atoms with E-state index in [2.05, 4.69) is 4.98 Å². The SMILES string of the molecule is COc1ccc(CC(=O)N2CC[C@@H](c3cc(=O)[nH]c(N4CCOCC4)n3)C2)cc1OC. The number of morpholine rings is 1. The summed E-state index contributed by atoms with van der Waals surface area (Å²) in [5.74, 6) is 1.93. The smallest absolute Gasteiger partial charge is 0.252 e. The molecule has 0 radical (unpaired) electrons. The van der Waals surface area contributed by atoms with Gasteiger partial charge < -0.3 is 24.0 Å². The van der Waals surface area contributed by atoms with Gasteiger partial charge in [0, 0.05) is 38.2 Å². The molecule has 1 amide bonds. The van der Waals surface area contributed by atoms with Crippen LogP contribution < -0.4 is 19.9 Å². The van der Waals surface area contributed by atoms with Crippen molar-refractivity contribution in [1.82, 2.24) is 14.9 Å². The summed E-state index contributed by atoms with van der Waals surface area (Å²) in [4.78, 5) is 36.5. The van der Waals surface area contributed by atoms with E-state index in [0.29, 0.717) is 56.8 Å². The Kier molecular flexibility index (Phi) is 6.41. The Morgan fingerprint density at radius 2 is 1.94 bits per heavy atom. The summed E-state index contributed by atoms with van der Waals surface area (Å²) < 4.78 is 16.0. The Balaban J connectivity index is 1.43. The van der Waals surface area contributed by atoms with Crippen molar-refractivity contribution in [3.05, 3.63) is 45.9 Å². The summed E-state index contributed by atoms with van der Waals surface area (Å²) in [5, 5.41) is 0. The Hall–Kier alpha value is -3.07. The molecule has 0 bridgehead atoms. The number of likely N-dealkylation sites (tertiary alicyclic amines) is 1. The highest BCUT2D eigenvalue weighted by molar-refractivity contribution is 5.79. The average molecular weight is 428 g/mol. The maximum absolute atomic E-state index is 12.9. The van der Waals surface area contributed by atoms with Crippen LogP contribution >= 0.6 is 0 Å². The second kappa shape index (κ2) is 9.38. The number of carbonyl (C=O) groups excluding carboxylic acids is 1. The predicted molar refractivity (Wildman–Crippen MR) is 115 cm³/mol. The van der Waals surface area contributed by atoms with Gasteiger partial charge in [-0.25, -0.2) is 4.98 Å². The van der Waals surface area contributed by atoms with E-state index in [1.165, 1.54) is 0 Å². The second-order valence-corrected chi connectivity index (χ2v) is 7.78. The molecular formula is C22H28N4O5. The first kappa shape index (κ1) is 21.2. The third kappa shape index (κ3) is 4.82. The summed E-state index contributed by atoms with van der Waals surface area (Å²) in [6, 6.07) is 7.06. The molecular weight excluding hydrogens is 400 g/mol. The molecule has 0 saturated carbocycles. The second-order valence-electron chi connectivity index (χ2n) is 7.78. The fourth-order valence-corrected chi connectivity index (χ4v) is 4.10. The highest BCUT2D eigenvalue weighted by atomic mass is 16.5. The van der Waals surface area contributed by atoms with Crippen LogP contribution in [0.25, 0.3) is 0 Å². The van der Waals surface area contributed by atoms with Gasteiger partial charge >= 0.3 is 0 Å². The Morgan fingerprint density at radius 1 is 1.16 bits per heavy atom. The molecule has 2 aliphatic rings. The number of carbonyl (C=O) groups is 1. The van der Waals surface area contributed by atoms with E-state index in [0.717, 1.165) is 17.7 Å². The van der Waals surface area contributed by atoms with Crippen LogP contribution in [-0.4, -0.2) is 74.4 Å². The predicted octanol–water partition coefficient (Wildman–Crippen LogP) is 1.18. The fourth-order valence-electron chi connectivity index (χ4n) is 4.10. The molecule has 31 heavy (non-hydrogen) atoms. The van der Waals surface area contributed by atoms with E-state index in [1.54, 1.807) is 20.3 Å². The van der Waals surface area contributed by atoms with Gasteiger partial charge in [-0.05, 0) is 24.1 Å². The number of amides is 1. The zero-order valence-corrected chi connectivity index (χ0v) is 17.9. The van der Waals surface area contributed by atoms with Crippen LogP contribution in [-0.2, 0) is 16.0 Å². The molecule has 1 N–H and O–H groups in total. The number of benzene rings is 1. The first-order chi connectivity index (χ1) is 15.1. The van der Waals surface area contributed by atoms with Gasteiger partial charge in [0.25, 0.3) is 5.56 Å². The maximum atomic E-state index is 12.9. The minimum atomic E-state index is -0.165. The maximum Gasteiger partial charge on any atom is 0.252 e. The van der Waals surface area contributed by atoms with Gasteiger partial charge in [0.05, 0.1) is 39.5 Å². The Labute approximate surface area is 180 Å². The molecule has 2 fully saturated rings. The monoisotopic (exact) mass is 428 g/mol. The number of ether oxygens (including phenoxy) is 3. The van der Waals surface area contributed by atoms with Gasteiger partial charge in [-0.15, -0.1) is 0 Å².